The van der Waals surface area contributed by atoms with Crippen LogP contribution in [-0.4, -0.2) is 14.9 Å². The van der Waals surface area contributed by atoms with Crippen LogP contribution in [0.5, 0.6) is 0 Å². The Balaban J connectivity index is 2.59. The van der Waals surface area contributed by atoms with E-state index in [0.717, 1.165) is 17.3 Å². The van der Waals surface area contributed by atoms with Crippen molar-refractivity contribution in [1.82, 2.24) is 9.55 Å². The summed E-state index contributed by atoms with van der Waals surface area (Å²) < 4.78 is 6.63. The quantitative estimate of drug-likeness (QED) is 0.801. The molecule has 4 nitrogen and oxygen atoms in total. The van der Waals surface area contributed by atoms with E-state index in [-0.39, 0.29) is 5.76 Å². The number of fused-ring (bicyclic) bond motifs is 1. The lowest BCUT2D eigenvalue weighted by molar-refractivity contribution is 0.513. The van der Waals surface area contributed by atoms with E-state index in [1.54, 1.807) is 6.20 Å². The Morgan fingerprint density at radius 2 is 2.40 bits per heavy atom. The second-order valence-corrected chi connectivity index (χ2v) is 4.01. The zero-order valence-corrected chi connectivity index (χ0v) is 9.95. The van der Waals surface area contributed by atoms with Crippen LogP contribution in [0.25, 0.3) is 11.2 Å². The summed E-state index contributed by atoms with van der Waals surface area (Å²) >= 11 is 3.36. The molecule has 2 rings (SSSR count). The summed E-state index contributed by atoms with van der Waals surface area (Å²) in [5, 5.41) is 0.874. The molecule has 0 bridgehead atoms. The number of halogens is 1. The number of rotatable bonds is 3. The van der Waals surface area contributed by atoms with E-state index in [9.17, 15) is 4.79 Å². The SMILES string of the molecule is CCn1c(=O)oc2cc(CCBr)cnc21. The third kappa shape index (κ3) is 1.84. The lowest BCUT2D eigenvalue weighted by atomic mass is 10.2. The Kier molecular flexibility index (Phi) is 2.90. The lowest BCUT2D eigenvalue weighted by Gasteiger charge is -1.97. The van der Waals surface area contributed by atoms with Crippen molar-refractivity contribution in [3.05, 3.63) is 28.4 Å². The highest BCUT2D eigenvalue weighted by Crippen LogP contribution is 2.12. The van der Waals surface area contributed by atoms with E-state index < -0.39 is 0 Å². The maximum atomic E-state index is 11.4. The predicted octanol–water partition coefficient (Wildman–Crippen LogP) is 1.95. The topological polar surface area (TPSA) is 48.0 Å². The first kappa shape index (κ1) is 10.4. The van der Waals surface area contributed by atoms with E-state index in [1.165, 1.54) is 4.57 Å². The highest BCUT2D eigenvalue weighted by Gasteiger charge is 2.09. The summed E-state index contributed by atoms with van der Waals surface area (Å²) in [5.74, 6) is -0.337. The molecule has 2 aromatic rings. The number of hydrogen-bond donors (Lipinski definition) is 0. The third-order valence-corrected chi connectivity index (χ3v) is 2.66. The number of pyridine rings is 1. The zero-order valence-electron chi connectivity index (χ0n) is 8.36. The van der Waals surface area contributed by atoms with Gasteiger partial charge in [-0.25, -0.2) is 9.78 Å². The first-order valence-electron chi connectivity index (χ1n) is 4.80. The van der Waals surface area contributed by atoms with Crippen LogP contribution >= 0.6 is 15.9 Å². The molecule has 0 radical (unpaired) electrons. The van der Waals surface area contributed by atoms with Crippen LogP contribution in [0.4, 0.5) is 0 Å². The average molecular weight is 271 g/mol. The summed E-state index contributed by atoms with van der Waals surface area (Å²) in [6.07, 6.45) is 2.66. The Hall–Kier alpha value is -1.10. The van der Waals surface area contributed by atoms with Crippen LogP contribution in [0.1, 0.15) is 12.5 Å². The van der Waals surface area contributed by atoms with Gasteiger partial charge in [0.2, 0.25) is 0 Å². The summed E-state index contributed by atoms with van der Waals surface area (Å²) in [4.78, 5) is 15.6. The number of nitrogens with zero attached hydrogens (tertiary/aromatic N) is 2. The fourth-order valence-corrected chi connectivity index (χ4v) is 1.97. The molecule has 5 heteroatoms. The van der Waals surface area contributed by atoms with Crippen molar-refractivity contribution >= 4 is 27.2 Å². The average Bonchev–Trinajstić information content (AvgIpc) is 2.53. The number of aromatic nitrogens is 2. The van der Waals surface area contributed by atoms with Gasteiger partial charge in [-0.15, -0.1) is 0 Å². The van der Waals surface area contributed by atoms with Gasteiger partial charge in [0.05, 0.1) is 0 Å². The molecule has 0 aliphatic heterocycles. The van der Waals surface area contributed by atoms with Crippen LogP contribution in [0.3, 0.4) is 0 Å². The standard InChI is InChI=1S/C10H11BrN2O2/c1-2-13-9-8(15-10(13)14)5-7(3-4-11)6-12-9/h5-6H,2-4H2,1H3. The molecule has 80 valence electrons. The molecular weight excluding hydrogens is 260 g/mol. The fourth-order valence-electron chi connectivity index (χ4n) is 1.52. The molecule has 0 aliphatic carbocycles. The minimum atomic E-state index is -0.337. The zero-order chi connectivity index (χ0) is 10.8. The molecule has 2 aromatic heterocycles. The molecule has 0 spiro atoms. The first-order chi connectivity index (χ1) is 7.26. The van der Waals surface area contributed by atoms with E-state index in [2.05, 4.69) is 20.9 Å². The molecule has 0 fully saturated rings. The number of hydrogen-bond acceptors (Lipinski definition) is 3. The van der Waals surface area contributed by atoms with Gasteiger partial charge in [-0.2, -0.15) is 0 Å². The molecule has 15 heavy (non-hydrogen) atoms. The third-order valence-electron chi connectivity index (χ3n) is 2.26. The van der Waals surface area contributed by atoms with E-state index in [1.807, 2.05) is 13.0 Å². The maximum absolute atomic E-state index is 11.4. The maximum Gasteiger partial charge on any atom is 0.421 e. The minimum absolute atomic E-state index is 0.337. The summed E-state index contributed by atoms with van der Waals surface area (Å²) in [5.41, 5.74) is 2.26. The van der Waals surface area contributed by atoms with E-state index >= 15 is 0 Å². The minimum Gasteiger partial charge on any atom is -0.406 e. The molecule has 0 unspecified atom stereocenters. The van der Waals surface area contributed by atoms with Crippen molar-refractivity contribution in [2.75, 3.05) is 5.33 Å². The van der Waals surface area contributed by atoms with Gasteiger partial charge < -0.3 is 4.42 Å². The largest absolute Gasteiger partial charge is 0.421 e. The summed E-state index contributed by atoms with van der Waals surface area (Å²) in [6, 6.07) is 1.87. The lowest BCUT2D eigenvalue weighted by Crippen LogP contribution is -2.12. The fraction of sp³-hybridized carbons (Fsp3) is 0.400. The molecule has 0 aromatic carbocycles. The van der Waals surface area contributed by atoms with Gasteiger partial charge in [0.15, 0.2) is 11.2 Å². The summed E-state index contributed by atoms with van der Waals surface area (Å²) in [7, 11) is 0. The van der Waals surface area contributed by atoms with Crippen molar-refractivity contribution in [1.29, 1.82) is 0 Å². The first-order valence-corrected chi connectivity index (χ1v) is 5.92. The van der Waals surface area contributed by atoms with Crippen LogP contribution in [-0.2, 0) is 13.0 Å². The second kappa shape index (κ2) is 4.18. The van der Waals surface area contributed by atoms with Crippen LogP contribution in [0.15, 0.2) is 21.5 Å². The van der Waals surface area contributed by atoms with Crippen molar-refractivity contribution < 1.29 is 4.42 Å². The van der Waals surface area contributed by atoms with Gasteiger partial charge in [-0.1, -0.05) is 15.9 Å². The number of alkyl halides is 1. The molecule has 0 saturated carbocycles. The molecule has 0 atom stereocenters. The van der Waals surface area contributed by atoms with Gasteiger partial charge >= 0.3 is 5.76 Å². The van der Waals surface area contributed by atoms with Gasteiger partial charge in [0.25, 0.3) is 0 Å². The van der Waals surface area contributed by atoms with Crippen LogP contribution in [0, 0.1) is 0 Å². The van der Waals surface area contributed by atoms with E-state index in [4.69, 9.17) is 4.42 Å². The van der Waals surface area contributed by atoms with Crippen molar-refractivity contribution in [3.8, 4) is 0 Å². The van der Waals surface area contributed by atoms with Crippen LogP contribution < -0.4 is 5.76 Å². The molecule has 2 heterocycles. The highest BCUT2D eigenvalue weighted by molar-refractivity contribution is 9.09. The van der Waals surface area contributed by atoms with Crippen molar-refractivity contribution in [2.24, 2.45) is 0 Å². The Labute approximate surface area is 95.0 Å². The number of oxazole rings is 1. The van der Waals surface area contributed by atoms with E-state index in [0.29, 0.717) is 17.8 Å². The van der Waals surface area contributed by atoms with Gasteiger partial charge in [-0.3, -0.25) is 4.57 Å². The molecule has 0 amide bonds. The predicted molar refractivity (Wildman–Crippen MR) is 61.4 cm³/mol. The van der Waals surface area contributed by atoms with Crippen molar-refractivity contribution in [2.45, 2.75) is 19.9 Å². The van der Waals surface area contributed by atoms with Gasteiger partial charge in [0, 0.05) is 18.1 Å². The normalized spacial score (nSPS) is 11.1. The van der Waals surface area contributed by atoms with Gasteiger partial charge in [0.1, 0.15) is 0 Å². The molecule has 0 N–H and O–H groups in total. The second-order valence-electron chi connectivity index (χ2n) is 3.22. The summed E-state index contributed by atoms with van der Waals surface area (Å²) in [6.45, 7) is 2.47. The Bertz CT molecular complexity index is 530. The Morgan fingerprint density at radius 3 is 3.07 bits per heavy atom. The monoisotopic (exact) mass is 270 g/mol. The Morgan fingerprint density at radius 1 is 1.60 bits per heavy atom. The van der Waals surface area contributed by atoms with Crippen molar-refractivity contribution in [3.63, 3.8) is 0 Å². The van der Waals surface area contributed by atoms with Crippen LogP contribution in [0.2, 0.25) is 0 Å². The molecule has 0 saturated heterocycles. The molecular formula is C10H11BrN2O2. The van der Waals surface area contributed by atoms with Gasteiger partial charge in [-0.05, 0) is 25.0 Å². The smallest absolute Gasteiger partial charge is 0.406 e. The highest BCUT2D eigenvalue weighted by atomic mass is 79.9. The molecule has 0 aliphatic rings. The number of aryl methyl sites for hydroxylation is 2.